The molecule has 0 saturated carbocycles. The van der Waals surface area contributed by atoms with Crippen molar-refractivity contribution in [1.82, 2.24) is 4.90 Å². The van der Waals surface area contributed by atoms with Gasteiger partial charge < -0.3 is 19.1 Å². The van der Waals surface area contributed by atoms with Crippen LogP contribution >= 0.6 is 0 Å². The first kappa shape index (κ1) is 17.7. The van der Waals surface area contributed by atoms with E-state index in [0.29, 0.717) is 5.75 Å². The van der Waals surface area contributed by atoms with E-state index in [0.717, 1.165) is 17.1 Å². The van der Waals surface area contributed by atoms with Crippen LogP contribution in [0.2, 0.25) is 0 Å². The summed E-state index contributed by atoms with van der Waals surface area (Å²) in [5.41, 5.74) is 0.959. The van der Waals surface area contributed by atoms with Crippen LogP contribution in [0.3, 0.4) is 0 Å². The molecule has 0 aliphatic rings. The minimum Gasteiger partial charge on any atom is -0.497 e. The minimum absolute atomic E-state index is 0.0255. The number of hydrogen-bond acceptors (Lipinski definition) is 4. The molecule has 0 aromatic heterocycles. The van der Waals surface area contributed by atoms with Crippen LogP contribution < -0.4 is 14.2 Å². The molecule has 2 aromatic rings. The van der Waals surface area contributed by atoms with Crippen LogP contribution in [-0.4, -0.2) is 38.7 Å². The molecule has 0 bridgehead atoms. The highest BCUT2D eigenvalue weighted by molar-refractivity contribution is 5.78. The first-order chi connectivity index (χ1) is 11.6. The molecule has 2 aromatic carbocycles. The molecule has 128 valence electrons. The van der Waals surface area contributed by atoms with Gasteiger partial charge in [0, 0.05) is 12.6 Å². The predicted molar refractivity (Wildman–Crippen MR) is 92.7 cm³/mol. The monoisotopic (exact) mass is 329 g/mol. The van der Waals surface area contributed by atoms with Crippen LogP contribution in [0, 0.1) is 0 Å². The first-order valence-corrected chi connectivity index (χ1v) is 7.72. The van der Waals surface area contributed by atoms with Crippen molar-refractivity contribution in [3.63, 3.8) is 0 Å². The lowest BCUT2D eigenvalue weighted by atomic mass is 10.1. The molecule has 0 saturated heterocycles. The molecule has 0 aliphatic carbocycles. The van der Waals surface area contributed by atoms with E-state index in [2.05, 4.69) is 0 Å². The number of para-hydroxylation sites is 1. The lowest BCUT2D eigenvalue weighted by Gasteiger charge is -2.26. The number of amides is 1. The fourth-order valence-electron chi connectivity index (χ4n) is 2.36. The van der Waals surface area contributed by atoms with Gasteiger partial charge in [0.25, 0.3) is 5.91 Å². The Balaban J connectivity index is 1.98. The van der Waals surface area contributed by atoms with Crippen LogP contribution in [0.5, 0.6) is 17.2 Å². The molecule has 2 rings (SSSR count). The summed E-state index contributed by atoms with van der Waals surface area (Å²) in [5, 5.41) is 0. The Morgan fingerprint density at radius 2 is 1.62 bits per heavy atom. The number of nitrogens with zero attached hydrogens (tertiary/aromatic N) is 1. The summed E-state index contributed by atoms with van der Waals surface area (Å²) in [7, 11) is 4.99. The summed E-state index contributed by atoms with van der Waals surface area (Å²) < 4.78 is 16.0. The largest absolute Gasteiger partial charge is 0.497 e. The van der Waals surface area contributed by atoms with Crippen molar-refractivity contribution >= 4 is 5.91 Å². The topological polar surface area (TPSA) is 48.0 Å². The van der Waals surface area contributed by atoms with Crippen molar-refractivity contribution in [2.45, 2.75) is 13.0 Å². The maximum atomic E-state index is 12.4. The van der Waals surface area contributed by atoms with Crippen LogP contribution in [0.1, 0.15) is 18.5 Å². The summed E-state index contributed by atoms with van der Waals surface area (Å²) >= 11 is 0. The molecule has 1 atom stereocenters. The molecule has 0 fully saturated rings. The van der Waals surface area contributed by atoms with E-state index in [1.165, 1.54) is 0 Å². The third-order valence-corrected chi connectivity index (χ3v) is 3.99. The van der Waals surface area contributed by atoms with Gasteiger partial charge in [-0.15, -0.1) is 0 Å². The Kier molecular flexibility index (Phi) is 6.07. The molecular formula is C19H23NO4. The lowest BCUT2D eigenvalue weighted by molar-refractivity contribution is -0.134. The van der Waals surface area contributed by atoms with Crippen molar-refractivity contribution in [1.29, 1.82) is 0 Å². The van der Waals surface area contributed by atoms with Gasteiger partial charge in [-0.1, -0.05) is 18.2 Å². The molecule has 0 heterocycles. The average Bonchev–Trinajstić information content (AvgIpc) is 2.65. The highest BCUT2D eigenvalue weighted by Crippen LogP contribution is 2.28. The molecule has 0 aliphatic heterocycles. The Hall–Kier alpha value is -2.69. The van der Waals surface area contributed by atoms with Gasteiger partial charge in [0.15, 0.2) is 6.61 Å². The van der Waals surface area contributed by atoms with Crippen LogP contribution in [0.15, 0.2) is 48.5 Å². The van der Waals surface area contributed by atoms with Crippen molar-refractivity contribution in [2.75, 3.05) is 27.9 Å². The van der Waals surface area contributed by atoms with E-state index in [-0.39, 0.29) is 18.6 Å². The number of carbonyl (C=O) groups excluding carboxylic acids is 1. The molecule has 24 heavy (non-hydrogen) atoms. The van der Waals surface area contributed by atoms with Crippen molar-refractivity contribution in [2.24, 2.45) is 0 Å². The zero-order valence-electron chi connectivity index (χ0n) is 14.5. The van der Waals surface area contributed by atoms with Gasteiger partial charge in [0.05, 0.1) is 20.3 Å². The molecule has 1 unspecified atom stereocenters. The molecule has 0 N–H and O–H groups in total. The van der Waals surface area contributed by atoms with Crippen molar-refractivity contribution in [3.05, 3.63) is 54.1 Å². The molecule has 1 amide bonds. The SMILES string of the molecule is COc1ccc(OCC(=O)N(C)C(C)c2ccccc2OC)cc1. The van der Waals surface area contributed by atoms with Gasteiger partial charge >= 0.3 is 0 Å². The van der Waals surface area contributed by atoms with Gasteiger partial charge in [-0.05, 0) is 37.3 Å². The Bertz CT molecular complexity index is 669. The Labute approximate surface area is 142 Å². The Morgan fingerprint density at radius 3 is 2.25 bits per heavy atom. The first-order valence-electron chi connectivity index (χ1n) is 7.72. The molecule has 0 spiro atoms. The van der Waals surface area contributed by atoms with E-state index >= 15 is 0 Å². The highest BCUT2D eigenvalue weighted by atomic mass is 16.5. The van der Waals surface area contributed by atoms with Gasteiger partial charge in [0.1, 0.15) is 17.2 Å². The van der Waals surface area contributed by atoms with E-state index in [4.69, 9.17) is 14.2 Å². The van der Waals surface area contributed by atoms with Gasteiger partial charge in [0.2, 0.25) is 0 Å². The summed E-state index contributed by atoms with van der Waals surface area (Å²) in [6.45, 7) is 1.94. The smallest absolute Gasteiger partial charge is 0.260 e. The summed E-state index contributed by atoms with van der Waals surface area (Å²) in [5.74, 6) is 2.03. The third-order valence-electron chi connectivity index (χ3n) is 3.99. The van der Waals surface area contributed by atoms with Gasteiger partial charge in [-0.3, -0.25) is 4.79 Å². The summed E-state index contributed by atoms with van der Waals surface area (Å²) in [6.07, 6.45) is 0. The standard InChI is InChI=1S/C19H23NO4/c1-14(17-7-5-6-8-18(17)23-4)20(2)19(21)13-24-16-11-9-15(22-3)10-12-16/h5-12,14H,13H2,1-4H3. The highest BCUT2D eigenvalue weighted by Gasteiger charge is 2.20. The number of hydrogen-bond donors (Lipinski definition) is 0. The second-order valence-electron chi connectivity index (χ2n) is 5.39. The van der Waals surface area contributed by atoms with Crippen molar-refractivity contribution < 1.29 is 19.0 Å². The lowest BCUT2D eigenvalue weighted by Crippen LogP contribution is -2.33. The Morgan fingerprint density at radius 1 is 1.00 bits per heavy atom. The molecule has 0 radical (unpaired) electrons. The fraction of sp³-hybridized carbons (Fsp3) is 0.316. The van der Waals surface area contributed by atoms with E-state index < -0.39 is 0 Å². The van der Waals surface area contributed by atoms with E-state index in [1.807, 2.05) is 31.2 Å². The zero-order valence-corrected chi connectivity index (χ0v) is 14.5. The number of likely N-dealkylation sites (N-methyl/N-ethyl adjacent to an activating group) is 1. The van der Waals surface area contributed by atoms with E-state index in [1.54, 1.807) is 50.4 Å². The second kappa shape index (κ2) is 8.24. The minimum atomic E-state index is -0.117. The summed E-state index contributed by atoms with van der Waals surface area (Å²) in [4.78, 5) is 14.0. The summed E-state index contributed by atoms with van der Waals surface area (Å²) in [6, 6.07) is 14.7. The number of benzene rings is 2. The molecule has 5 heteroatoms. The van der Waals surface area contributed by atoms with Crippen LogP contribution in [-0.2, 0) is 4.79 Å². The third kappa shape index (κ3) is 4.19. The number of ether oxygens (including phenoxy) is 3. The van der Waals surface area contributed by atoms with Crippen molar-refractivity contribution in [3.8, 4) is 17.2 Å². The number of methoxy groups -OCH3 is 2. The maximum absolute atomic E-state index is 12.4. The van der Waals surface area contributed by atoms with Crippen LogP contribution in [0.25, 0.3) is 0 Å². The van der Waals surface area contributed by atoms with Crippen LogP contribution in [0.4, 0.5) is 0 Å². The van der Waals surface area contributed by atoms with E-state index in [9.17, 15) is 4.79 Å². The van der Waals surface area contributed by atoms with Gasteiger partial charge in [-0.2, -0.15) is 0 Å². The zero-order chi connectivity index (χ0) is 17.5. The fourth-order valence-corrected chi connectivity index (χ4v) is 2.36. The number of carbonyl (C=O) groups is 1. The second-order valence-corrected chi connectivity index (χ2v) is 5.39. The number of rotatable bonds is 7. The molecule has 5 nitrogen and oxygen atoms in total. The maximum Gasteiger partial charge on any atom is 0.260 e. The molecular weight excluding hydrogens is 306 g/mol. The quantitative estimate of drug-likeness (QED) is 0.782. The normalized spacial score (nSPS) is 11.5. The van der Waals surface area contributed by atoms with Gasteiger partial charge in [-0.25, -0.2) is 0 Å². The predicted octanol–water partition coefficient (Wildman–Crippen LogP) is 3.30. The average molecular weight is 329 g/mol.